The molecule has 1 fully saturated rings. The van der Waals surface area contributed by atoms with Crippen molar-refractivity contribution in [2.45, 2.75) is 19.5 Å². The van der Waals surface area contributed by atoms with Crippen molar-refractivity contribution < 1.29 is 1.41 Å². The Morgan fingerprint density at radius 3 is 2.56 bits per heavy atom. The van der Waals surface area contributed by atoms with E-state index < -0.39 is 0 Å². The molecule has 1 rings (SSSR count). The fourth-order valence-electron chi connectivity index (χ4n) is 1.18. The Morgan fingerprint density at radius 1 is 1.67 bits per heavy atom. The van der Waals surface area contributed by atoms with Crippen molar-refractivity contribution in [3.05, 3.63) is 0 Å². The molecule has 9 heavy (non-hydrogen) atoms. The summed E-state index contributed by atoms with van der Waals surface area (Å²) in [5.41, 5.74) is 0. The van der Waals surface area contributed by atoms with Gasteiger partial charge in [0.15, 0.2) is 0 Å². The Labute approximate surface area is 58.7 Å². The summed E-state index contributed by atoms with van der Waals surface area (Å²) in [6.45, 7) is 3.12. The van der Waals surface area contributed by atoms with Crippen LogP contribution in [-0.4, -0.2) is 31.7 Å². The van der Waals surface area contributed by atoms with Crippen molar-refractivity contribution in [3.63, 3.8) is 0 Å². The van der Waals surface area contributed by atoms with Crippen molar-refractivity contribution >= 4 is 0 Å². The zero-order valence-corrected chi connectivity index (χ0v) is 6.46. The van der Waals surface area contributed by atoms with Gasteiger partial charge >= 0.3 is 0 Å². The van der Waals surface area contributed by atoms with Crippen LogP contribution < -0.4 is 5.31 Å². The van der Waals surface area contributed by atoms with Crippen molar-refractivity contribution in [2.75, 3.05) is 20.6 Å². The summed E-state index contributed by atoms with van der Waals surface area (Å²) in [4.78, 5) is 2.11. The van der Waals surface area contributed by atoms with Crippen molar-refractivity contribution in [2.24, 2.45) is 5.92 Å². The van der Waals surface area contributed by atoms with Gasteiger partial charge in [0.25, 0.3) is 0 Å². The molecular formula is C7H16N2. The van der Waals surface area contributed by atoms with Crippen LogP contribution in [0.4, 0.5) is 0 Å². The van der Waals surface area contributed by atoms with E-state index in [-0.39, 0.29) is 0 Å². The predicted molar refractivity (Wildman–Crippen MR) is 39.3 cm³/mol. The van der Waals surface area contributed by atoms with Crippen LogP contribution in [0.2, 0.25) is 1.41 Å². The molecular weight excluding hydrogens is 112 g/mol. The van der Waals surface area contributed by atoms with Gasteiger partial charge in [-0.25, -0.2) is 0 Å². The third-order valence-electron chi connectivity index (χ3n) is 1.84. The van der Waals surface area contributed by atoms with Crippen molar-refractivity contribution in [1.29, 1.82) is 0 Å². The van der Waals surface area contributed by atoms with Crippen LogP contribution in [0.25, 0.3) is 0 Å². The molecule has 2 heteroatoms. The van der Waals surface area contributed by atoms with Gasteiger partial charge in [-0.15, -0.1) is 0 Å². The Bertz CT molecular complexity index is 116. The van der Waals surface area contributed by atoms with Crippen LogP contribution in [0.3, 0.4) is 0 Å². The first-order valence-corrected chi connectivity index (χ1v) is 3.53. The molecule has 0 aromatic carbocycles. The Hall–Kier alpha value is -0.0800. The highest BCUT2D eigenvalue weighted by Crippen LogP contribution is 2.13. The lowest BCUT2D eigenvalue weighted by atomic mass is 10.1. The van der Waals surface area contributed by atoms with Crippen LogP contribution in [0.15, 0.2) is 0 Å². The van der Waals surface area contributed by atoms with Gasteiger partial charge in [-0.05, 0) is 33.0 Å². The minimum absolute atomic E-state index is 0.343. The molecule has 0 aliphatic carbocycles. The average molecular weight is 129 g/mol. The first-order chi connectivity index (χ1) is 4.61. The molecule has 0 aromatic heterocycles. The maximum absolute atomic E-state index is 7.54. The van der Waals surface area contributed by atoms with Crippen molar-refractivity contribution in [3.8, 4) is 0 Å². The molecule has 1 N–H and O–H groups in total. The Kier molecular flexibility index (Phi) is 1.69. The number of hydrogen-bond acceptors (Lipinski definition) is 2. The van der Waals surface area contributed by atoms with Gasteiger partial charge in [-0.1, -0.05) is 6.92 Å². The molecule has 1 heterocycles. The molecule has 54 valence electrons. The second-order valence-electron chi connectivity index (χ2n) is 3.15. The number of nitrogens with zero attached hydrogens (tertiary/aromatic N) is 1. The Balaban J connectivity index is 2.46. The largest absolute Gasteiger partial charge is 0.301 e. The van der Waals surface area contributed by atoms with Gasteiger partial charge in [0.1, 0.15) is 1.41 Å². The minimum Gasteiger partial charge on any atom is -0.301 e. The van der Waals surface area contributed by atoms with Gasteiger partial charge in [0, 0.05) is 0 Å². The summed E-state index contributed by atoms with van der Waals surface area (Å²) in [5.74, 6) is 0.685. The summed E-state index contributed by atoms with van der Waals surface area (Å²) >= 11 is 0. The van der Waals surface area contributed by atoms with Gasteiger partial charge < -0.3 is 5.31 Å². The van der Waals surface area contributed by atoms with E-state index in [1.807, 2.05) is 14.1 Å². The Morgan fingerprint density at radius 2 is 2.33 bits per heavy atom. The maximum Gasteiger partial charge on any atom is 0.124 e. The second-order valence-corrected chi connectivity index (χ2v) is 3.15. The highest BCUT2D eigenvalue weighted by atomic mass is 15.2. The standard InChI is InChI=1S/C7H16N2/c1-6-4-7(8-5-6)9(2)3/h6-8H,4-5H2,1-3H3/i/hD. The van der Waals surface area contributed by atoms with E-state index in [0.29, 0.717) is 12.1 Å². The highest BCUT2D eigenvalue weighted by molar-refractivity contribution is 4.76. The van der Waals surface area contributed by atoms with E-state index in [0.717, 1.165) is 13.0 Å². The van der Waals surface area contributed by atoms with Crippen LogP contribution in [0, 0.1) is 5.92 Å². The van der Waals surface area contributed by atoms with Gasteiger partial charge in [-0.3, -0.25) is 4.90 Å². The van der Waals surface area contributed by atoms with Gasteiger partial charge in [0.05, 0.1) is 6.17 Å². The van der Waals surface area contributed by atoms with E-state index in [4.69, 9.17) is 1.41 Å². The fourth-order valence-corrected chi connectivity index (χ4v) is 1.18. The molecule has 1 aliphatic heterocycles. The summed E-state index contributed by atoms with van der Waals surface area (Å²) in [6, 6.07) is 0. The van der Waals surface area contributed by atoms with Crippen LogP contribution in [-0.2, 0) is 0 Å². The summed E-state index contributed by atoms with van der Waals surface area (Å²) < 4.78 is 7.54. The zero-order chi connectivity index (χ0) is 7.72. The lowest BCUT2D eigenvalue weighted by Gasteiger charge is -2.18. The first kappa shape index (κ1) is 5.69. The summed E-state index contributed by atoms with van der Waals surface area (Å²) in [5, 5.41) is 1.67. The normalized spacial score (nSPS) is 39.8. The predicted octanol–water partition coefficient (Wildman–Crippen LogP) is 0.504. The SMILES string of the molecule is [2H]N1CC(C)CC1N(C)C. The molecule has 1 saturated heterocycles. The molecule has 1 aliphatic rings. The molecule has 0 spiro atoms. The molecule has 0 saturated carbocycles. The maximum atomic E-state index is 7.54. The topological polar surface area (TPSA) is 15.3 Å². The molecule has 2 atom stereocenters. The van der Waals surface area contributed by atoms with Gasteiger partial charge in [-0.2, -0.15) is 0 Å². The molecule has 0 bridgehead atoms. The number of nitrogens with one attached hydrogen (secondary N) is 1. The summed E-state index contributed by atoms with van der Waals surface area (Å²) in [7, 11) is 4.06. The third kappa shape index (κ3) is 1.66. The zero-order valence-electron chi connectivity index (χ0n) is 7.46. The van der Waals surface area contributed by atoms with E-state index in [2.05, 4.69) is 11.8 Å². The van der Waals surface area contributed by atoms with E-state index in [1.165, 1.54) is 0 Å². The molecule has 2 unspecified atom stereocenters. The third-order valence-corrected chi connectivity index (χ3v) is 1.84. The van der Waals surface area contributed by atoms with E-state index >= 15 is 0 Å². The first-order valence-electron chi connectivity index (χ1n) is 3.98. The second kappa shape index (κ2) is 2.67. The molecule has 0 amide bonds. The minimum atomic E-state index is 0.343. The number of rotatable bonds is 1. The fraction of sp³-hybridized carbons (Fsp3) is 1.00. The van der Waals surface area contributed by atoms with E-state index in [9.17, 15) is 0 Å². The summed E-state index contributed by atoms with van der Waals surface area (Å²) in [6.07, 6.45) is 1.48. The van der Waals surface area contributed by atoms with E-state index in [1.54, 1.807) is 5.31 Å². The average Bonchev–Trinajstić information content (AvgIpc) is 2.10. The van der Waals surface area contributed by atoms with Crippen LogP contribution in [0.1, 0.15) is 13.3 Å². The lowest BCUT2D eigenvalue weighted by molar-refractivity contribution is 0.270. The lowest BCUT2D eigenvalue weighted by Crippen LogP contribution is -2.35. The smallest absolute Gasteiger partial charge is 0.124 e. The molecule has 0 aromatic rings. The highest BCUT2D eigenvalue weighted by Gasteiger charge is 2.21. The van der Waals surface area contributed by atoms with Gasteiger partial charge in [0.2, 0.25) is 0 Å². The monoisotopic (exact) mass is 129 g/mol. The van der Waals surface area contributed by atoms with Crippen LogP contribution >= 0.6 is 0 Å². The molecule has 2 nitrogen and oxygen atoms in total. The van der Waals surface area contributed by atoms with Crippen LogP contribution in [0.5, 0.6) is 0 Å². The molecule has 0 radical (unpaired) electrons. The quantitative estimate of drug-likeness (QED) is 0.555. The number of hydrogen-bond donors (Lipinski definition) is 1. The van der Waals surface area contributed by atoms with Crippen molar-refractivity contribution in [1.82, 2.24) is 10.2 Å².